The molecule has 0 saturated heterocycles. The van der Waals surface area contributed by atoms with Gasteiger partial charge in [0.1, 0.15) is 0 Å². The summed E-state index contributed by atoms with van der Waals surface area (Å²) >= 11 is 0. The minimum Gasteiger partial charge on any atom is -0.325 e. The highest BCUT2D eigenvalue weighted by molar-refractivity contribution is 7.89. The lowest BCUT2D eigenvalue weighted by Crippen LogP contribution is -2.34. The van der Waals surface area contributed by atoms with E-state index in [0.717, 1.165) is 29.8 Å². The summed E-state index contributed by atoms with van der Waals surface area (Å²) in [5.74, 6) is -0.849. The molecule has 5 nitrogen and oxygen atoms in total. The van der Waals surface area contributed by atoms with E-state index in [1.165, 1.54) is 0 Å². The van der Waals surface area contributed by atoms with E-state index in [4.69, 9.17) is 0 Å². The number of alkyl halides is 3. The SMILES string of the molecule is O=C(CNS(=O)(=O)CCc1ccccc1)Nc1ccc(C(F)(F)F)cc1. The van der Waals surface area contributed by atoms with Crippen molar-refractivity contribution in [2.24, 2.45) is 0 Å². The number of carbonyl (C=O) groups is 1. The molecular weight excluding hydrogens is 369 g/mol. The van der Waals surface area contributed by atoms with Crippen molar-refractivity contribution in [2.75, 3.05) is 17.6 Å². The van der Waals surface area contributed by atoms with Gasteiger partial charge in [-0.1, -0.05) is 30.3 Å². The summed E-state index contributed by atoms with van der Waals surface area (Å²) in [4.78, 5) is 11.8. The van der Waals surface area contributed by atoms with E-state index in [0.29, 0.717) is 6.42 Å². The Kier molecular flexibility index (Phi) is 6.38. The molecule has 0 radical (unpaired) electrons. The minimum atomic E-state index is -4.46. The molecule has 26 heavy (non-hydrogen) atoms. The fraction of sp³-hybridized carbons (Fsp3) is 0.235. The summed E-state index contributed by atoms with van der Waals surface area (Å²) in [6.07, 6.45) is -4.16. The Hall–Kier alpha value is -2.39. The Morgan fingerprint density at radius 3 is 2.15 bits per heavy atom. The Bertz CT molecular complexity index is 836. The molecule has 9 heteroatoms. The maximum Gasteiger partial charge on any atom is 0.416 e. The molecule has 0 aromatic heterocycles. The molecular formula is C17H17F3N2O3S. The van der Waals surface area contributed by atoms with Crippen molar-refractivity contribution in [1.29, 1.82) is 0 Å². The molecule has 0 fully saturated rings. The van der Waals surface area contributed by atoms with E-state index in [2.05, 4.69) is 10.0 Å². The first-order valence-electron chi connectivity index (χ1n) is 7.64. The number of sulfonamides is 1. The van der Waals surface area contributed by atoms with Crippen LogP contribution in [0.3, 0.4) is 0 Å². The van der Waals surface area contributed by atoms with Gasteiger partial charge in [-0.25, -0.2) is 13.1 Å². The molecule has 140 valence electrons. The second kappa shape index (κ2) is 8.33. The van der Waals surface area contributed by atoms with Gasteiger partial charge in [0.15, 0.2) is 0 Å². The summed E-state index contributed by atoms with van der Waals surface area (Å²) in [7, 11) is -3.65. The summed E-state index contributed by atoms with van der Waals surface area (Å²) in [5, 5.41) is 2.33. The fourth-order valence-electron chi connectivity index (χ4n) is 2.09. The molecule has 0 unspecified atom stereocenters. The number of aryl methyl sites for hydroxylation is 1. The molecule has 0 aliphatic carbocycles. The van der Waals surface area contributed by atoms with Gasteiger partial charge in [-0.05, 0) is 36.2 Å². The largest absolute Gasteiger partial charge is 0.416 e. The Morgan fingerprint density at radius 1 is 0.962 bits per heavy atom. The van der Waals surface area contributed by atoms with Gasteiger partial charge >= 0.3 is 6.18 Å². The Morgan fingerprint density at radius 2 is 1.58 bits per heavy atom. The standard InChI is InChI=1S/C17H17F3N2O3S/c18-17(19,20)14-6-8-15(9-7-14)22-16(23)12-21-26(24,25)11-10-13-4-2-1-3-5-13/h1-9,21H,10-12H2,(H,22,23). The van der Waals surface area contributed by atoms with Crippen molar-refractivity contribution in [2.45, 2.75) is 12.6 Å². The number of nitrogens with one attached hydrogen (secondary N) is 2. The summed E-state index contributed by atoms with van der Waals surface area (Å²) in [6.45, 7) is -0.502. The highest BCUT2D eigenvalue weighted by Crippen LogP contribution is 2.29. The van der Waals surface area contributed by atoms with Crippen molar-refractivity contribution >= 4 is 21.6 Å². The maximum absolute atomic E-state index is 12.5. The van der Waals surface area contributed by atoms with Crippen LogP contribution in [0.2, 0.25) is 0 Å². The van der Waals surface area contributed by atoms with E-state index in [1.807, 2.05) is 6.07 Å². The quantitative estimate of drug-likeness (QED) is 0.768. The zero-order chi connectivity index (χ0) is 19.2. The van der Waals surface area contributed by atoms with Gasteiger partial charge in [0.05, 0.1) is 17.9 Å². The zero-order valence-corrected chi connectivity index (χ0v) is 14.4. The van der Waals surface area contributed by atoms with Gasteiger partial charge in [-0.15, -0.1) is 0 Å². The highest BCUT2D eigenvalue weighted by atomic mass is 32.2. The van der Waals surface area contributed by atoms with Crippen LogP contribution >= 0.6 is 0 Å². The number of anilines is 1. The van der Waals surface area contributed by atoms with Crippen LogP contribution in [-0.4, -0.2) is 26.6 Å². The molecule has 0 bridgehead atoms. The molecule has 1 amide bonds. The van der Waals surface area contributed by atoms with Crippen molar-refractivity contribution in [3.63, 3.8) is 0 Å². The number of benzene rings is 2. The van der Waals surface area contributed by atoms with E-state index in [9.17, 15) is 26.4 Å². The third-order valence-electron chi connectivity index (χ3n) is 3.45. The van der Waals surface area contributed by atoms with Crippen LogP contribution < -0.4 is 10.0 Å². The first-order valence-corrected chi connectivity index (χ1v) is 9.29. The summed E-state index contributed by atoms with van der Waals surface area (Å²) in [6, 6.07) is 12.9. The number of halogens is 3. The number of hydrogen-bond donors (Lipinski definition) is 2. The first-order chi connectivity index (χ1) is 12.2. The van der Waals surface area contributed by atoms with Gasteiger partial charge in [-0.3, -0.25) is 4.79 Å². The predicted octanol–water partition coefficient (Wildman–Crippen LogP) is 2.81. The molecule has 0 atom stereocenters. The monoisotopic (exact) mass is 386 g/mol. The van der Waals surface area contributed by atoms with Crippen molar-refractivity contribution < 1.29 is 26.4 Å². The van der Waals surface area contributed by atoms with E-state index < -0.39 is 34.2 Å². The summed E-state index contributed by atoms with van der Waals surface area (Å²) < 4.78 is 63.4. The van der Waals surface area contributed by atoms with Gasteiger partial charge in [-0.2, -0.15) is 13.2 Å². The minimum absolute atomic E-state index is 0.145. The second-order valence-corrected chi connectivity index (χ2v) is 7.43. The molecule has 0 aliphatic heterocycles. The number of rotatable bonds is 7. The lowest BCUT2D eigenvalue weighted by molar-refractivity contribution is -0.137. The summed E-state index contributed by atoms with van der Waals surface area (Å²) in [5.41, 5.74) is 0.163. The molecule has 2 aromatic rings. The number of carbonyl (C=O) groups excluding carboxylic acids is 1. The van der Waals surface area contributed by atoms with Crippen LogP contribution in [0.1, 0.15) is 11.1 Å². The van der Waals surface area contributed by atoms with Crippen LogP contribution in [-0.2, 0) is 27.4 Å². The lowest BCUT2D eigenvalue weighted by atomic mass is 10.2. The van der Waals surface area contributed by atoms with Gasteiger partial charge in [0, 0.05) is 5.69 Å². The molecule has 0 aliphatic rings. The van der Waals surface area contributed by atoms with Crippen LogP contribution in [0.5, 0.6) is 0 Å². The number of hydrogen-bond acceptors (Lipinski definition) is 3. The average Bonchev–Trinajstić information content (AvgIpc) is 2.59. The zero-order valence-electron chi connectivity index (χ0n) is 13.6. The normalized spacial score (nSPS) is 12.0. The van der Waals surface area contributed by atoms with Crippen molar-refractivity contribution in [1.82, 2.24) is 4.72 Å². The fourth-order valence-corrected chi connectivity index (χ4v) is 3.09. The topological polar surface area (TPSA) is 75.3 Å². The highest BCUT2D eigenvalue weighted by Gasteiger charge is 2.30. The van der Waals surface area contributed by atoms with Gasteiger partial charge in [0.25, 0.3) is 0 Å². The number of amides is 1. The Balaban J connectivity index is 1.82. The van der Waals surface area contributed by atoms with Crippen LogP contribution in [0.15, 0.2) is 54.6 Å². The van der Waals surface area contributed by atoms with E-state index in [1.54, 1.807) is 24.3 Å². The molecule has 0 heterocycles. The first kappa shape index (κ1) is 19.9. The maximum atomic E-state index is 12.5. The molecule has 2 rings (SSSR count). The van der Waals surface area contributed by atoms with Crippen molar-refractivity contribution in [3.05, 3.63) is 65.7 Å². The van der Waals surface area contributed by atoms with Crippen LogP contribution in [0.4, 0.5) is 18.9 Å². The molecule has 2 N–H and O–H groups in total. The van der Waals surface area contributed by atoms with Crippen LogP contribution in [0.25, 0.3) is 0 Å². The molecule has 0 spiro atoms. The average molecular weight is 386 g/mol. The smallest absolute Gasteiger partial charge is 0.325 e. The van der Waals surface area contributed by atoms with Crippen molar-refractivity contribution in [3.8, 4) is 0 Å². The van der Waals surface area contributed by atoms with E-state index in [-0.39, 0.29) is 11.4 Å². The lowest BCUT2D eigenvalue weighted by Gasteiger charge is -2.10. The van der Waals surface area contributed by atoms with Crippen LogP contribution in [0, 0.1) is 0 Å². The Labute approximate surface area is 149 Å². The second-order valence-electron chi connectivity index (χ2n) is 5.50. The van der Waals surface area contributed by atoms with Gasteiger partial charge in [0.2, 0.25) is 15.9 Å². The van der Waals surface area contributed by atoms with Gasteiger partial charge < -0.3 is 5.32 Å². The van der Waals surface area contributed by atoms with E-state index >= 15 is 0 Å². The third kappa shape index (κ3) is 6.49. The third-order valence-corrected chi connectivity index (χ3v) is 4.78. The molecule has 0 saturated carbocycles. The predicted molar refractivity (Wildman–Crippen MR) is 92.0 cm³/mol. The molecule has 2 aromatic carbocycles.